The van der Waals surface area contributed by atoms with Gasteiger partial charge in [0.1, 0.15) is 11.6 Å². The van der Waals surface area contributed by atoms with Crippen molar-refractivity contribution < 1.29 is 17.9 Å². The molecule has 1 unspecified atom stereocenters. The van der Waals surface area contributed by atoms with Crippen LogP contribution in [0.4, 0.5) is 24.8 Å². The third-order valence-electron chi connectivity index (χ3n) is 2.58. The molecule has 0 aromatic carbocycles. The van der Waals surface area contributed by atoms with Gasteiger partial charge in [0.05, 0.1) is 18.2 Å². The van der Waals surface area contributed by atoms with Gasteiger partial charge in [-0.2, -0.15) is 13.2 Å². The van der Waals surface area contributed by atoms with Crippen LogP contribution in [0.3, 0.4) is 0 Å². The molecule has 4 N–H and O–H groups in total. The summed E-state index contributed by atoms with van der Waals surface area (Å²) in [5, 5.41) is 2.90. The first-order chi connectivity index (χ1) is 8.49. The molecule has 1 aliphatic rings. The van der Waals surface area contributed by atoms with E-state index in [4.69, 9.17) is 10.6 Å². The van der Waals surface area contributed by atoms with Gasteiger partial charge in [0.25, 0.3) is 0 Å². The molecule has 1 aliphatic heterocycles. The summed E-state index contributed by atoms with van der Waals surface area (Å²) in [5.41, 5.74) is 1.32. The Hall–Kier alpha value is -1.54. The number of alkyl halides is 3. The summed E-state index contributed by atoms with van der Waals surface area (Å²) in [6.07, 6.45) is -3.69. The molecule has 8 heteroatoms. The van der Waals surface area contributed by atoms with E-state index in [1.54, 1.807) is 0 Å². The van der Waals surface area contributed by atoms with Crippen LogP contribution in [0.15, 0.2) is 12.1 Å². The largest absolute Gasteiger partial charge is 0.416 e. The molecule has 0 saturated carbocycles. The minimum atomic E-state index is -4.43. The summed E-state index contributed by atoms with van der Waals surface area (Å²) in [5.74, 6) is 5.20. The monoisotopic (exact) mass is 262 g/mol. The zero-order valence-electron chi connectivity index (χ0n) is 9.42. The fraction of sp³-hybridized carbons (Fsp3) is 0.500. The van der Waals surface area contributed by atoms with Gasteiger partial charge in [0, 0.05) is 6.61 Å². The lowest BCUT2D eigenvalue weighted by molar-refractivity contribution is -0.137. The van der Waals surface area contributed by atoms with Crippen molar-refractivity contribution in [1.82, 2.24) is 4.98 Å². The van der Waals surface area contributed by atoms with E-state index in [0.29, 0.717) is 13.2 Å². The van der Waals surface area contributed by atoms with Crippen LogP contribution in [-0.2, 0) is 10.9 Å². The van der Waals surface area contributed by atoms with Gasteiger partial charge in [-0.05, 0) is 18.6 Å². The highest BCUT2D eigenvalue weighted by molar-refractivity contribution is 5.49. The summed E-state index contributed by atoms with van der Waals surface area (Å²) < 4.78 is 43.1. The number of pyridine rings is 1. The number of nitrogens with one attached hydrogen (secondary N) is 2. The molecule has 0 aliphatic carbocycles. The maximum Gasteiger partial charge on any atom is 0.416 e. The Balaban J connectivity index is 2.23. The van der Waals surface area contributed by atoms with Crippen molar-refractivity contribution >= 4 is 11.6 Å². The van der Waals surface area contributed by atoms with Crippen LogP contribution in [0.5, 0.6) is 0 Å². The first-order valence-electron chi connectivity index (χ1n) is 5.39. The molecule has 0 bridgehead atoms. The Morgan fingerprint density at radius 2 is 2.06 bits per heavy atom. The van der Waals surface area contributed by atoms with Crippen molar-refractivity contribution in [2.24, 2.45) is 5.84 Å². The molecule has 1 aromatic rings. The Morgan fingerprint density at radius 3 is 2.61 bits per heavy atom. The molecule has 2 rings (SSSR count). The SMILES string of the molecule is NNc1cc(C(F)(F)F)cc(NC2CCOC2)n1. The summed E-state index contributed by atoms with van der Waals surface area (Å²) in [6.45, 7) is 1.06. The van der Waals surface area contributed by atoms with Crippen molar-refractivity contribution in [3.05, 3.63) is 17.7 Å². The Labute approximate surface area is 101 Å². The van der Waals surface area contributed by atoms with Crippen LogP contribution in [0.25, 0.3) is 0 Å². The maximum atomic E-state index is 12.6. The molecular weight excluding hydrogens is 249 g/mol. The van der Waals surface area contributed by atoms with Gasteiger partial charge >= 0.3 is 6.18 Å². The lowest BCUT2D eigenvalue weighted by atomic mass is 10.2. The molecule has 1 saturated heterocycles. The number of hydrazine groups is 1. The number of aromatic nitrogens is 1. The Kier molecular flexibility index (Phi) is 3.58. The van der Waals surface area contributed by atoms with Crippen molar-refractivity contribution in [3.8, 4) is 0 Å². The predicted molar refractivity (Wildman–Crippen MR) is 59.9 cm³/mol. The van der Waals surface area contributed by atoms with Gasteiger partial charge < -0.3 is 15.5 Å². The number of nitrogen functional groups attached to an aromatic ring is 1. The highest BCUT2D eigenvalue weighted by Crippen LogP contribution is 2.32. The van der Waals surface area contributed by atoms with E-state index in [1.165, 1.54) is 0 Å². The van der Waals surface area contributed by atoms with Crippen LogP contribution < -0.4 is 16.6 Å². The van der Waals surface area contributed by atoms with Gasteiger partial charge in [0.15, 0.2) is 0 Å². The summed E-state index contributed by atoms with van der Waals surface area (Å²) in [4.78, 5) is 3.93. The highest BCUT2D eigenvalue weighted by Gasteiger charge is 2.32. The third kappa shape index (κ3) is 3.02. The second-order valence-corrected chi connectivity index (χ2v) is 3.97. The number of ether oxygens (including phenoxy) is 1. The number of rotatable bonds is 3. The number of anilines is 2. The average Bonchev–Trinajstić information content (AvgIpc) is 2.80. The lowest BCUT2D eigenvalue weighted by Crippen LogP contribution is -2.21. The minimum absolute atomic E-state index is 0.0217. The first kappa shape index (κ1) is 12.9. The smallest absolute Gasteiger partial charge is 0.379 e. The minimum Gasteiger partial charge on any atom is -0.379 e. The van der Waals surface area contributed by atoms with E-state index >= 15 is 0 Å². The van der Waals surface area contributed by atoms with Crippen molar-refractivity contribution in [2.75, 3.05) is 24.0 Å². The molecule has 1 aromatic heterocycles. The first-order valence-corrected chi connectivity index (χ1v) is 5.39. The molecule has 100 valence electrons. The van der Waals surface area contributed by atoms with Crippen LogP contribution in [0.1, 0.15) is 12.0 Å². The average molecular weight is 262 g/mol. The van der Waals surface area contributed by atoms with Gasteiger partial charge in [-0.3, -0.25) is 0 Å². The van der Waals surface area contributed by atoms with Crippen molar-refractivity contribution in [3.63, 3.8) is 0 Å². The van der Waals surface area contributed by atoms with Crippen molar-refractivity contribution in [1.29, 1.82) is 0 Å². The van der Waals surface area contributed by atoms with E-state index in [-0.39, 0.29) is 17.7 Å². The summed E-state index contributed by atoms with van der Waals surface area (Å²) in [6, 6.07) is 1.79. The van der Waals surface area contributed by atoms with Crippen LogP contribution in [0.2, 0.25) is 0 Å². The number of hydrogen-bond donors (Lipinski definition) is 3. The van der Waals surface area contributed by atoms with Crippen LogP contribution >= 0.6 is 0 Å². The van der Waals surface area contributed by atoms with Gasteiger partial charge in [-0.15, -0.1) is 0 Å². The summed E-state index contributed by atoms with van der Waals surface area (Å²) in [7, 11) is 0. The van der Waals surface area contributed by atoms with Gasteiger partial charge in [0.2, 0.25) is 0 Å². The zero-order valence-corrected chi connectivity index (χ0v) is 9.42. The van der Waals surface area contributed by atoms with E-state index < -0.39 is 11.7 Å². The number of hydrogen-bond acceptors (Lipinski definition) is 5. The predicted octanol–water partition coefficient (Wildman–Crippen LogP) is 1.59. The number of nitrogens with zero attached hydrogens (tertiary/aromatic N) is 1. The molecule has 5 nitrogen and oxygen atoms in total. The number of nitrogens with two attached hydrogens (primary N) is 1. The quantitative estimate of drug-likeness (QED) is 0.570. The second kappa shape index (κ2) is 4.99. The molecule has 0 amide bonds. The normalized spacial score (nSPS) is 19.9. The molecule has 2 heterocycles. The fourth-order valence-electron chi connectivity index (χ4n) is 1.70. The molecule has 1 fully saturated rings. The number of halogens is 3. The zero-order chi connectivity index (χ0) is 13.2. The van der Waals surface area contributed by atoms with E-state index in [1.807, 2.05) is 0 Å². The maximum absolute atomic E-state index is 12.6. The van der Waals surface area contributed by atoms with Crippen molar-refractivity contribution in [2.45, 2.75) is 18.6 Å². The third-order valence-corrected chi connectivity index (χ3v) is 2.58. The fourth-order valence-corrected chi connectivity index (χ4v) is 1.70. The Bertz CT molecular complexity index is 418. The Morgan fingerprint density at radius 1 is 1.33 bits per heavy atom. The standard InChI is InChI=1S/C10H13F3N4O/c11-10(12,13)6-3-8(16-9(4-6)17-14)15-7-1-2-18-5-7/h3-4,7H,1-2,5,14H2,(H2,15,16,17). The van der Waals surface area contributed by atoms with E-state index in [2.05, 4.69) is 15.7 Å². The van der Waals surface area contributed by atoms with E-state index in [9.17, 15) is 13.2 Å². The molecule has 18 heavy (non-hydrogen) atoms. The van der Waals surface area contributed by atoms with Gasteiger partial charge in [-0.1, -0.05) is 0 Å². The molecule has 1 atom stereocenters. The highest BCUT2D eigenvalue weighted by atomic mass is 19.4. The summed E-state index contributed by atoms with van der Waals surface area (Å²) >= 11 is 0. The van der Waals surface area contributed by atoms with Crippen LogP contribution in [0, 0.1) is 0 Å². The van der Waals surface area contributed by atoms with Crippen LogP contribution in [-0.4, -0.2) is 24.2 Å². The van der Waals surface area contributed by atoms with E-state index in [0.717, 1.165) is 18.6 Å². The molecule has 0 spiro atoms. The second-order valence-electron chi connectivity index (χ2n) is 3.97. The molecular formula is C10H13F3N4O. The molecule has 0 radical (unpaired) electrons. The lowest BCUT2D eigenvalue weighted by Gasteiger charge is -2.15. The van der Waals surface area contributed by atoms with Gasteiger partial charge in [-0.25, -0.2) is 10.8 Å². The topological polar surface area (TPSA) is 72.2 Å².